The molecule has 3 aliphatic rings. The van der Waals surface area contributed by atoms with Crippen LogP contribution >= 0.6 is 15.9 Å². The Hall–Kier alpha value is -1.34. The highest BCUT2D eigenvalue weighted by Crippen LogP contribution is 2.94. The summed E-state index contributed by atoms with van der Waals surface area (Å²) in [6.07, 6.45) is 3.70. The van der Waals surface area contributed by atoms with Gasteiger partial charge < -0.3 is 0 Å². The first kappa shape index (κ1) is 14.0. The van der Waals surface area contributed by atoms with Crippen molar-refractivity contribution < 1.29 is 0 Å². The first-order chi connectivity index (χ1) is 11.1. The Bertz CT molecular complexity index is 804. The molecule has 0 aliphatic heterocycles. The molecule has 2 aromatic carbocycles. The van der Waals surface area contributed by atoms with E-state index in [1.807, 2.05) is 0 Å². The van der Waals surface area contributed by atoms with Gasteiger partial charge in [0.15, 0.2) is 0 Å². The third kappa shape index (κ3) is 1.26. The van der Waals surface area contributed by atoms with E-state index < -0.39 is 0 Å². The Morgan fingerprint density at radius 3 is 1.91 bits per heavy atom. The molecule has 5 rings (SSSR count). The van der Waals surface area contributed by atoms with Crippen LogP contribution in [0.5, 0.6) is 0 Å². The summed E-state index contributed by atoms with van der Waals surface area (Å²) >= 11 is 3.80. The molecule has 4 unspecified atom stereocenters. The van der Waals surface area contributed by atoms with Gasteiger partial charge in [-0.25, -0.2) is 0 Å². The zero-order valence-corrected chi connectivity index (χ0v) is 15.2. The van der Waals surface area contributed by atoms with Crippen molar-refractivity contribution in [2.45, 2.75) is 31.1 Å². The SMILES string of the molecule is CC1(C)C2(c3ccccc3)C3C=C(Br)CC3C12c1ccccc1. The molecular formula is C22H21Br. The molecule has 0 bridgehead atoms. The van der Waals surface area contributed by atoms with Gasteiger partial charge in [-0.3, -0.25) is 0 Å². The fourth-order valence-electron chi connectivity index (χ4n) is 6.83. The maximum absolute atomic E-state index is 3.80. The van der Waals surface area contributed by atoms with Crippen LogP contribution in [0.3, 0.4) is 0 Å². The predicted molar refractivity (Wildman–Crippen MR) is 98.6 cm³/mol. The highest BCUT2D eigenvalue weighted by Gasteiger charge is 2.95. The van der Waals surface area contributed by atoms with Crippen LogP contribution < -0.4 is 0 Å². The highest BCUT2D eigenvalue weighted by molar-refractivity contribution is 9.11. The first-order valence-electron chi connectivity index (χ1n) is 8.55. The lowest BCUT2D eigenvalue weighted by atomic mass is 9.54. The molecule has 0 heterocycles. The molecule has 0 spiro atoms. The van der Waals surface area contributed by atoms with E-state index in [2.05, 4.69) is 96.5 Å². The highest BCUT2D eigenvalue weighted by atomic mass is 79.9. The molecule has 0 N–H and O–H groups in total. The van der Waals surface area contributed by atoms with Gasteiger partial charge in [0.2, 0.25) is 0 Å². The molecule has 0 amide bonds. The monoisotopic (exact) mass is 364 g/mol. The van der Waals surface area contributed by atoms with Crippen LogP contribution in [0.15, 0.2) is 71.2 Å². The van der Waals surface area contributed by atoms with Gasteiger partial charge in [0, 0.05) is 10.8 Å². The molecule has 4 atom stereocenters. The minimum Gasteiger partial charge on any atom is -0.0700 e. The van der Waals surface area contributed by atoms with Crippen molar-refractivity contribution in [3.63, 3.8) is 0 Å². The van der Waals surface area contributed by atoms with E-state index in [1.54, 1.807) is 0 Å². The van der Waals surface area contributed by atoms with Crippen LogP contribution in [-0.4, -0.2) is 0 Å². The van der Waals surface area contributed by atoms with Gasteiger partial charge in [-0.05, 0) is 39.3 Å². The molecule has 1 heteroatoms. The van der Waals surface area contributed by atoms with Crippen molar-refractivity contribution >= 4 is 15.9 Å². The standard InChI is InChI=1S/C22H21Br/c1-20(2)21(15-9-5-3-6-10-15)18-13-17(23)14-19(18)22(20,21)16-11-7-4-8-12-16/h3-13,18-19H,14H2,1-2H3. The quantitative estimate of drug-likeness (QED) is 0.628. The van der Waals surface area contributed by atoms with Crippen molar-refractivity contribution in [1.29, 1.82) is 0 Å². The van der Waals surface area contributed by atoms with Crippen molar-refractivity contribution in [2.24, 2.45) is 17.3 Å². The Labute approximate surface area is 146 Å². The van der Waals surface area contributed by atoms with Crippen LogP contribution in [0, 0.1) is 17.3 Å². The number of allylic oxidation sites excluding steroid dienone is 2. The predicted octanol–water partition coefficient (Wildman–Crippen LogP) is 5.83. The van der Waals surface area contributed by atoms with Gasteiger partial charge in [-0.15, -0.1) is 0 Å². The van der Waals surface area contributed by atoms with Gasteiger partial charge in [0.25, 0.3) is 0 Å². The number of fused-ring (bicyclic) bond motifs is 4. The van der Waals surface area contributed by atoms with Gasteiger partial charge in [0.1, 0.15) is 0 Å². The second-order valence-electron chi connectivity index (χ2n) is 7.92. The first-order valence-corrected chi connectivity index (χ1v) is 9.35. The Kier molecular flexibility index (Phi) is 2.56. The van der Waals surface area contributed by atoms with E-state index in [1.165, 1.54) is 22.0 Å². The topological polar surface area (TPSA) is 0 Å². The molecule has 0 radical (unpaired) electrons. The lowest BCUT2D eigenvalue weighted by Gasteiger charge is -2.48. The molecule has 2 aromatic rings. The third-order valence-corrected chi connectivity index (χ3v) is 7.84. The minimum absolute atomic E-state index is 0.253. The van der Waals surface area contributed by atoms with Crippen molar-refractivity contribution in [2.75, 3.05) is 0 Å². The second-order valence-corrected chi connectivity index (χ2v) is 8.94. The molecule has 23 heavy (non-hydrogen) atoms. The van der Waals surface area contributed by atoms with Crippen molar-refractivity contribution in [1.82, 2.24) is 0 Å². The summed E-state index contributed by atoms with van der Waals surface area (Å²) in [4.78, 5) is 0. The number of benzene rings is 2. The summed E-state index contributed by atoms with van der Waals surface area (Å²) in [5.41, 5.74) is 3.88. The fourth-order valence-corrected chi connectivity index (χ4v) is 7.47. The summed E-state index contributed by atoms with van der Waals surface area (Å²) in [5, 5.41) is 0. The zero-order chi connectivity index (χ0) is 15.9. The second kappa shape index (κ2) is 4.19. The molecule has 3 aliphatic carbocycles. The molecule has 0 nitrogen and oxygen atoms in total. The summed E-state index contributed by atoms with van der Waals surface area (Å²) < 4.78 is 1.40. The Morgan fingerprint density at radius 1 is 0.826 bits per heavy atom. The van der Waals surface area contributed by atoms with E-state index in [0.717, 1.165) is 5.92 Å². The van der Waals surface area contributed by atoms with E-state index in [4.69, 9.17) is 0 Å². The Balaban J connectivity index is 1.78. The Morgan fingerprint density at radius 2 is 1.35 bits per heavy atom. The fraction of sp³-hybridized carbons (Fsp3) is 0.364. The lowest BCUT2D eigenvalue weighted by molar-refractivity contribution is 0.145. The van der Waals surface area contributed by atoms with Crippen molar-refractivity contribution in [3.8, 4) is 0 Å². The number of hydrogen-bond donors (Lipinski definition) is 0. The normalized spacial score (nSPS) is 39.0. The van der Waals surface area contributed by atoms with Crippen LogP contribution in [0.1, 0.15) is 31.4 Å². The largest absolute Gasteiger partial charge is 0.0700 e. The molecule has 0 aromatic heterocycles. The zero-order valence-electron chi connectivity index (χ0n) is 13.6. The smallest absolute Gasteiger partial charge is 0.0184 e. The maximum Gasteiger partial charge on any atom is 0.0184 e. The molecule has 116 valence electrons. The van der Waals surface area contributed by atoms with E-state index in [9.17, 15) is 0 Å². The van der Waals surface area contributed by atoms with Crippen LogP contribution in [0.2, 0.25) is 0 Å². The third-order valence-electron chi connectivity index (χ3n) is 7.25. The number of hydrogen-bond acceptors (Lipinski definition) is 0. The summed E-state index contributed by atoms with van der Waals surface area (Å²) in [7, 11) is 0. The average Bonchev–Trinajstić information content (AvgIpc) is 2.73. The summed E-state index contributed by atoms with van der Waals surface area (Å²) in [6.45, 7) is 4.99. The van der Waals surface area contributed by atoms with E-state index >= 15 is 0 Å². The van der Waals surface area contributed by atoms with Crippen LogP contribution in [0.25, 0.3) is 0 Å². The summed E-state index contributed by atoms with van der Waals surface area (Å²) in [6, 6.07) is 22.5. The number of halogens is 1. The molecule has 0 saturated heterocycles. The summed E-state index contributed by atoms with van der Waals surface area (Å²) in [5.74, 6) is 1.39. The van der Waals surface area contributed by atoms with Gasteiger partial charge in [-0.2, -0.15) is 0 Å². The maximum atomic E-state index is 3.80. The number of rotatable bonds is 2. The van der Waals surface area contributed by atoms with Crippen molar-refractivity contribution in [3.05, 3.63) is 82.3 Å². The average molecular weight is 365 g/mol. The van der Waals surface area contributed by atoms with E-state index in [-0.39, 0.29) is 10.8 Å². The van der Waals surface area contributed by atoms with Gasteiger partial charge in [-0.1, -0.05) is 96.5 Å². The minimum atomic E-state index is 0.253. The molecular weight excluding hydrogens is 344 g/mol. The van der Waals surface area contributed by atoms with Crippen LogP contribution in [0.4, 0.5) is 0 Å². The van der Waals surface area contributed by atoms with E-state index in [0.29, 0.717) is 11.3 Å². The lowest BCUT2D eigenvalue weighted by Crippen LogP contribution is -2.49. The molecule has 2 saturated carbocycles. The van der Waals surface area contributed by atoms with Gasteiger partial charge in [0.05, 0.1) is 0 Å². The van der Waals surface area contributed by atoms with Crippen LogP contribution in [-0.2, 0) is 10.8 Å². The van der Waals surface area contributed by atoms with Gasteiger partial charge >= 0.3 is 0 Å². The molecule has 2 fully saturated rings.